The summed E-state index contributed by atoms with van der Waals surface area (Å²) in [4.78, 5) is 22.2. The van der Waals surface area contributed by atoms with Gasteiger partial charge >= 0.3 is 5.97 Å². The number of hydrogen-bond donors (Lipinski definition) is 2. The Balaban J connectivity index is 1.88. The van der Waals surface area contributed by atoms with Gasteiger partial charge in [0.25, 0.3) is 5.69 Å². The van der Waals surface area contributed by atoms with Crippen LogP contribution < -0.4 is 4.72 Å². The monoisotopic (exact) mass is 422 g/mol. The van der Waals surface area contributed by atoms with Gasteiger partial charge < -0.3 is 5.11 Å². The molecule has 0 radical (unpaired) electrons. The average Bonchev–Trinajstić information content (AvgIpc) is 2.46. The van der Waals surface area contributed by atoms with Crippen LogP contribution in [0.15, 0.2) is 23.1 Å². The molecular formula is C13H15IN2O4S. The van der Waals surface area contributed by atoms with Gasteiger partial charge in [-0.05, 0) is 72.4 Å². The fourth-order valence-electron chi connectivity index (χ4n) is 2.31. The molecule has 1 saturated carbocycles. The Morgan fingerprint density at radius 2 is 2.05 bits per heavy atom. The summed E-state index contributed by atoms with van der Waals surface area (Å²) in [7, 11) is 0. The molecular weight excluding hydrogens is 407 g/mol. The van der Waals surface area contributed by atoms with Crippen LogP contribution in [0, 0.1) is 19.6 Å². The Morgan fingerprint density at radius 3 is 2.62 bits per heavy atom. The summed E-state index contributed by atoms with van der Waals surface area (Å²) in [5.41, 5.74) is 0.108. The van der Waals surface area contributed by atoms with Crippen LogP contribution in [-0.4, -0.2) is 22.0 Å². The van der Waals surface area contributed by atoms with Crippen LogP contribution >= 0.6 is 34.5 Å². The maximum atomic E-state index is 10.9. The van der Waals surface area contributed by atoms with Gasteiger partial charge in [-0.1, -0.05) is 0 Å². The van der Waals surface area contributed by atoms with E-state index >= 15 is 0 Å². The van der Waals surface area contributed by atoms with Crippen molar-refractivity contribution in [1.29, 1.82) is 0 Å². The summed E-state index contributed by atoms with van der Waals surface area (Å²) >= 11 is 3.32. The molecule has 2 rings (SSSR count). The van der Waals surface area contributed by atoms with Crippen molar-refractivity contribution in [3.8, 4) is 0 Å². The molecule has 8 heteroatoms. The fourth-order valence-corrected chi connectivity index (χ4v) is 3.68. The molecule has 2 N–H and O–H groups in total. The molecule has 1 aromatic carbocycles. The van der Waals surface area contributed by atoms with Gasteiger partial charge in [0.05, 0.1) is 14.4 Å². The smallest absolute Gasteiger partial charge is 0.306 e. The van der Waals surface area contributed by atoms with Crippen LogP contribution in [0.1, 0.15) is 25.7 Å². The number of carboxylic acids is 1. The van der Waals surface area contributed by atoms with Gasteiger partial charge in [-0.2, -0.15) is 0 Å². The van der Waals surface area contributed by atoms with E-state index < -0.39 is 5.97 Å². The van der Waals surface area contributed by atoms with Gasteiger partial charge in [-0.3, -0.25) is 19.6 Å². The first-order chi connectivity index (χ1) is 9.97. The zero-order valence-corrected chi connectivity index (χ0v) is 14.1. The predicted molar refractivity (Wildman–Crippen MR) is 88.2 cm³/mol. The molecule has 1 aromatic rings. The minimum atomic E-state index is -0.714. The lowest BCUT2D eigenvalue weighted by molar-refractivity contribution is -0.386. The highest BCUT2D eigenvalue weighted by Crippen LogP contribution is 2.29. The van der Waals surface area contributed by atoms with Gasteiger partial charge in [0.1, 0.15) is 0 Å². The van der Waals surface area contributed by atoms with E-state index in [2.05, 4.69) is 4.72 Å². The van der Waals surface area contributed by atoms with E-state index in [1.165, 1.54) is 11.9 Å². The molecule has 0 bridgehead atoms. The summed E-state index contributed by atoms with van der Waals surface area (Å²) < 4.78 is 3.90. The van der Waals surface area contributed by atoms with Crippen molar-refractivity contribution in [3.63, 3.8) is 0 Å². The molecule has 21 heavy (non-hydrogen) atoms. The van der Waals surface area contributed by atoms with E-state index in [4.69, 9.17) is 5.11 Å². The van der Waals surface area contributed by atoms with Crippen molar-refractivity contribution in [2.75, 3.05) is 0 Å². The van der Waals surface area contributed by atoms with Gasteiger partial charge in [0, 0.05) is 17.0 Å². The molecule has 0 saturated heterocycles. The highest BCUT2D eigenvalue weighted by Gasteiger charge is 2.25. The molecule has 6 nitrogen and oxygen atoms in total. The van der Waals surface area contributed by atoms with E-state index in [-0.39, 0.29) is 22.6 Å². The van der Waals surface area contributed by atoms with E-state index in [0.29, 0.717) is 16.4 Å². The number of nitro groups is 1. The van der Waals surface area contributed by atoms with Crippen LogP contribution in [0.25, 0.3) is 0 Å². The molecule has 0 unspecified atom stereocenters. The Kier molecular flexibility index (Phi) is 5.82. The number of nitro benzene ring substituents is 1. The molecule has 1 aliphatic carbocycles. The number of carboxylic acid groups (broad SMARTS) is 1. The third kappa shape index (κ3) is 4.55. The Labute approximate surface area is 140 Å². The van der Waals surface area contributed by atoms with E-state index in [1.807, 2.05) is 28.7 Å². The molecule has 0 atom stereocenters. The first-order valence-corrected chi connectivity index (χ1v) is 8.46. The van der Waals surface area contributed by atoms with Crippen LogP contribution in [-0.2, 0) is 4.79 Å². The summed E-state index contributed by atoms with van der Waals surface area (Å²) in [5.74, 6) is -0.943. The standard InChI is InChI=1S/C13H15IN2O4S/c14-11-6-5-10(7-12(11)16(19)20)21-15-9-3-1-8(2-4-9)13(17)18/h5-9,15H,1-4H2,(H,17,18)/t8-,9-. The number of nitrogens with zero attached hydrogens (tertiary/aromatic N) is 1. The number of carbonyl (C=O) groups is 1. The van der Waals surface area contributed by atoms with Gasteiger partial charge in [-0.25, -0.2) is 0 Å². The second kappa shape index (κ2) is 7.41. The highest BCUT2D eigenvalue weighted by atomic mass is 127. The minimum absolute atomic E-state index is 0.108. The Bertz CT molecular complexity index is 547. The highest BCUT2D eigenvalue weighted by molar-refractivity contribution is 14.1. The summed E-state index contributed by atoms with van der Waals surface area (Å²) in [6.45, 7) is 0. The quantitative estimate of drug-likeness (QED) is 0.327. The molecule has 1 aliphatic rings. The topological polar surface area (TPSA) is 92.5 Å². The minimum Gasteiger partial charge on any atom is -0.481 e. The molecule has 1 fully saturated rings. The van der Waals surface area contributed by atoms with E-state index in [9.17, 15) is 14.9 Å². The summed E-state index contributed by atoms with van der Waals surface area (Å²) in [6.07, 6.45) is 2.99. The largest absolute Gasteiger partial charge is 0.481 e. The van der Waals surface area contributed by atoms with Gasteiger partial charge in [-0.15, -0.1) is 0 Å². The van der Waals surface area contributed by atoms with E-state index in [1.54, 1.807) is 12.1 Å². The second-order valence-corrected chi connectivity index (χ2v) is 7.05. The third-order valence-electron chi connectivity index (χ3n) is 3.53. The predicted octanol–water partition coefficient (Wildman–Crippen LogP) is 3.44. The van der Waals surface area contributed by atoms with Crippen LogP contribution in [0.5, 0.6) is 0 Å². The lowest BCUT2D eigenvalue weighted by atomic mass is 9.87. The first kappa shape index (κ1) is 16.5. The van der Waals surface area contributed by atoms with Gasteiger partial charge in [0.2, 0.25) is 0 Å². The second-order valence-electron chi connectivity index (χ2n) is 4.98. The SMILES string of the molecule is O=C(O)[C@H]1CC[C@H](NSc2ccc(I)c([N+](=O)[O-])c2)CC1. The number of hydrogen-bond acceptors (Lipinski definition) is 5. The normalized spacial score (nSPS) is 22.0. The molecule has 0 spiro atoms. The lowest BCUT2D eigenvalue weighted by Crippen LogP contribution is -2.31. The number of nitrogens with one attached hydrogen (secondary N) is 1. The summed E-state index contributed by atoms with van der Waals surface area (Å²) in [6, 6.07) is 5.38. The van der Waals surface area contributed by atoms with Crippen LogP contribution in [0.2, 0.25) is 0 Å². The lowest BCUT2D eigenvalue weighted by Gasteiger charge is -2.26. The number of rotatable bonds is 5. The van der Waals surface area contributed by atoms with Crippen LogP contribution in [0.4, 0.5) is 5.69 Å². The molecule has 0 heterocycles. The van der Waals surface area contributed by atoms with Crippen molar-refractivity contribution in [2.45, 2.75) is 36.6 Å². The van der Waals surface area contributed by atoms with Crippen molar-refractivity contribution >= 4 is 46.2 Å². The molecule has 0 aliphatic heterocycles. The average molecular weight is 422 g/mol. The van der Waals surface area contributed by atoms with Gasteiger partial charge in [0.15, 0.2) is 0 Å². The van der Waals surface area contributed by atoms with Crippen molar-refractivity contribution < 1.29 is 14.8 Å². The summed E-state index contributed by atoms with van der Waals surface area (Å²) in [5, 5.41) is 19.8. The number of halogens is 1. The molecule has 114 valence electrons. The third-order valence-corrected chi connectivity index (χ3v) is 5.39. The van der Waals surface area contributed by atoms with Crippen molar-refractivity contribution in [3.05, 3.63) is 31.9 Å². The Morgan fingerprint density at radius 1 is 1.38 bits per heavy atom. The maximum absolute atomic E-state index is 10.9. The number of aliphatic carboxylic acids is 1. The van der Waals surface area contributed by atoms with Crippen molar-refractivity contribution in [2.24, 2.45) is 5.92 Å². The van der Waals surface area contributed by atoms with E-state index in [0.717, 1.165) is 17.7 Å². The van der Waals surface area contributed by atoms with Crippen molar-refractivity contribution in [1.82, 2.24) is 4.72 Å². The molecule has 0 amide bonds. The first-order valence-electron chi connectivity index (χ1n) is 6.56. The molecule has 0 aromatic heterocycles. The fraction of sp³-hybridized carbons (Fsp3) is 0.462. The van der Waals surface area contributed by atoms with Crippen LogP contribution in [0.3, 0.4) is 0 Å². The number of benzene rings is 1. The maximum Gasteiger partial charge on any atom is 0.306 e. The Hall–Kier alpha value is -0.870. The zero-order valence-electron chi connectivity index (χ0n) is 11.1. The zero-order chi connectivity index (χ0) is 15.4.